The van der Waals surface area contributed by atoms with E-state index in [0.717, 1.165) is 55.4 Å². The molecule has 2 aromatic rings. The number of hydrogen-bond acceptors (Lipinski definition) is 4. The summed E-state index contributed by atoms with van der Waals surface area (Å²) < 4.78 is 2.36. The minimum absolute atomic E-state index is 0.179. The van der Waals surface area contributed by atoms with E-state index < -0.39 is 0 Å². The van der Waals surface area contributed by atoms with Crippen LogP contribution >= 0.6 is 11.3 Å². The van der Waals surface area contributed by atoms with Gasteiger partial charge in [0.25, 0.3) is 5.91 Å². The van der Waals surface area contributed by atoms with Crippen molar-refractivity contribution in [1.29, 1.82) is 0 Å². The average molecular weight is 330 g/mol. The molecule has 23 heavy (non-hydrogen) atoms. The Morgan fingerprint density at radius 1 is 1.13 bits per heavy atom. The van der Waals surface area contributed by atoms with Crippen LogP contribution in [-0.2, 0) is 13.0 Å². The van der Waals surface area contributed by atoms with Gasteiger partial charge >= 0.3 is 0 Å². The van der Waals surface area contributed by atoms with E-state index in [1.807, 2.05) is 22.4 Å². The minimum atomic E-state index is 0.179. The van der Waals surface area contributed by atoms with E-state index in [9.17, 15) is 4.79 Å². The van der Waals surface area contributed by atoms with Crippen molar-refractivity contribution in [1.82, 2.24) is 19.7 Å². The molecule has 0 saturated carbocycles. The third-order valence-electron chi connectivity index (χ3n) is 5.02. The Balaban J connectivity index is 1.44. The molecule has 6 heteroatoms. The lowest BCUT2D eigenvalue weighted by Gasteiger charge is -2.31. The largest absolute Gasteiger partial charge is 0.338 e. The quantitative estimate of drug-likeness (QED) is 0.850. The van der Waals surface area contributed by atoms with E-state index in [4.69, 9.17) is 0 Å². The maximum Gasteiger partial charge on any atom is 0.263 e. The predicted octanol–water partition coefficient (Wildman–Crippen LogP) is 3.09. The number of hydrogen-bond donors (Lipinski definition) is 0. The first kappa shape index (κ1) is 14.9. The van der Waals surface area contributed by atoms with Crippen LogP contribution in [0.1, 0.15) is 59.3 Å². The molecule has 5 nitrogen and oxygen atoms in total. The molecule has 0 aromatic carbocycles. The Hall–Kier alpha value is -1.69. The Labute approximate surface area is 140 Å². The molecule has 4 heterocycles. The number of amides is 1. The van der Waals surface area contributed by atoms with Crippen LogP contribution in [0.5, 0.6) is 0 Å². The van der Waals surface area contributed by atoms with Gasteiger partial charge in [0.15, 0.2) is 0 Å². The van der Waals surface area contributed by atoms with E-state index in [2.05, 4.69) is 14.8 Å². The lowest BCUT2D eigenvalue weighted by Crippen LogP contribution is -2.38. The molecule has 4 rings (SSSR count). The highest BCUT2D eigenvalue weighted by molar-refractivity contribution is 7.12. The second kappa shape index (κ2) is 6.43. The summed E-state index contributed by atoms with van der Waals surface area (Å²) in [5.74, 6) is 2.94. The zero-order valence-corrected chi connectivity index (χ0v) is 14.1. The maximum atomic E-state index is 12.4. The highest BCUT2D eigenvalue weighted by Gasteiger charge is 2.29. The smallest absolute Gasteiger partial charge is 0.263 e. The molecule has 122 valence electrons. The molecule has 0 atom stereocenters. The lowest BCUT2D eigenvalue weighted by atomic mass is 9.95. The van der Waals surface area contributed by atoms with Gasteiger partial charge in [-0.3, -0.25) is 4.79 Å². The molecule has 0 radical (unpaired) electrons. The monoisotopic (exact) mass is 330 g/mol. The van der Waals surface area contributed by atoms with Gasteiger partial charge < -0.3 is 9.47 Å². The van der Waals surface area contributed by atoms with Crippen molar-refractivity contribution in [2.45, 2.75) is 51.0 Å². The number of likely N-dealkylation sites (tertiary alicyclic amines) is 1. The third-order valence-corrected chi connectivity index (χ3v) is 5.88. The molecule has 2 aliphatic heterocycles. The average Bonchev–Trinajstić information content (AvgIpc) is 3.20. The van der Waals surface area contributed by atoms with Gasteiger partial charge in [-0.15, -0.1) is 21.5 Å². The summed E-state index contributed by atoms with van der Waals surface area (Å²) in [7, 11) is 0. The van der Waals surface area contributed by atoms with Crippen LogP contribution in [-0.4, -0.2) is 38.7 Å². The van der Waals surface area contributed by atoms with E-state index in [-0.39, 0.29) is 5.91 Å². The Morgan fingerprint density at radius 3 is 2.78 bits per heavy atom. The van der Waals surface area contributed by atoms with Crippen LogP contribution in [0.15, 0.2) is 17.5 Å². The molecule has 1 fully saturated rings. The number of piperidine rings is 1. The van der Waals surface area contributed by atoms with Gasteiger partial charge in [-0.05, 0) is 37.1 Å². The fraction of sp³-hybridized carbons (Fsp3) is 0.588. The van der Waals surface area contributed by atoms with Crippen LogP contribution in [0.3, 0.4) is 0 Å². The maximum absolute atomic E-state index is 12.4. The van der Waals surface area contributed by atoms with Crippen LogP contribution < -0.4 is 0 Å². The predicted molar refractivity (Wildman–Crippen MR) is 89.8 cm³/mol. The van der Waals surface area contributed by atoms with E-state index in [1.165, 1.54) is 30.6 Å². The summed E-state index contributed by atoms with van der Waals surface area (Å²) in [5.41, 5.74) is 0. The first-order chi connectivity index (χ1) is 11.3. The molecular weight excluding hydrogens is 308 g/mol. The Kier molecular flexibility index (Phi) is 4.16. The molecule has 0 unspecified atom stereocenters. The first-order valence-corrected chi connectivity index (χ1v) is 9.45. The zero-order chi connectivity index (χ0) is 15.6. The van der Waals surface area contributed by atoms with Gasteiger partial charge in [-0.2, -0.15) is 0 Å². The van der Waals surface area contributed by atoms with Gasteiger partial charge in [-0.1, -0.05) is 12.5 Å². The van der Waals surface area contributed by atoms with E-state index in [1.54, 1.807) is 0 Å². The van der Waals surface area contributed by atoms with Crippen molar-refractivity contribution in [2.75, 3.05) is 13.1 Å². The molecule has 0 aliphatic carbocycles. The summed E-state index contributed by atoms with van der Waals surface area (Å²) in [6, 6.07) is 3.85. The highest BCUT2D eigenvalue weighted by atomic mass is 32.1. The molecule has 2 aromatic heterocycles. The Bertz CT molecular complexity index is 671. The summed E-state index contributed by atoms with van der Waals surface area (Å²) >= 11 is 1.53. The molecule has 0 spiro atoms. The second-order valence-corrected chi connectivity index (χ2v) is 7.43. The fourth-order valence-electron chi connectivity index (χ4n) is 3.71. The second-order valence-electron chi connectivity index (χ2n) is 6.48. The molecule has 0 N–H and O–H groups in total. The summed E-state index contributed by atoms with van der Waals surface area (Å²) in [6.45, 7) is 2.71. The number of carbonyl (C=O) groups is 1. The normalized spacial score (nSPS) is 19.4. The van der Waals surface area contributed by atoms with Crippen molar-refractivity contribution in [3.05, 3.63) is 34.0 Å². The zero-order valence-electron chi connectivity index (χ0n) is 13.3. The third kappa shape index (κ3) is 2.92. The van der Waals surface area contributed by atoms with Crippen LogP contribution in [0.25, 0.3) is 0 Å². The van der Waals surface area contributed by atoms with Crippen molar-refractivity contribution in [3.8, 4) is 0 Å². The van der Waals surface area contributed by atoms with E-state index >= 15 is 0 Å². The van der Waals surface area contributed by atoms with Crippen LogP contribution in [0, 0.1) is 0 Å². The lowest BCUT2D eigenvalue weighted by molar-refractivity contribution is 0.0715. The van der Waals surface area contributed by atoms with Gasteiger partial charge in [0.05, 0.1) is 4.88 Å². The van der Waals surface area contributed by atoms with Crippen LogP contribution in [0.4, 0.5) is 0 Å². The van der Waals surface area contributed by atoms with Crippen LogP contribution in [0.2, 0.25) is 0 Å². The number of aromatic nitrogens is 3. The summed E-state index contributed by atoms with van der Waals surface area (Å²) in [6.07, 6.45) is 6.80. The Morgan fingerprint density at radius 2 is 2.00 bits per heavy atom. The van der Waals surface area contributed by atoms with Gasteiger partial charge in [0, 0.05) is 32.0 Å². The fourth-order valence-corrected chi connectivity index (χ4v) is 4.40. The molecule has 1 amide bonds. The van der Waals surface area contributed by atoms with Crippen molar-refractivity contribution < 1.29 is 4.79 Å². The van der Waals surface area contributed by atoms with Gasteiger partial charge in [0.2, 0.25) is 0 Å². The topological polar surface area (TPSA) is 51.0 Å². The van der Waals surface area contributed by atoms with Gasteiger partial charge in [-0.25, -0.2) is 0 Å². The van der Waals surface area contributed by atoms with E-state index in [0.29, 0.717) is 5.92 Å². The highest BCUT2D eigenvalue weighted by Crippen LogP contribution is 2.29. The standard InChI is InChI=1S/C17H22N4OS/c22-17(14-5-4-12-23-14)20-10-7-13(8-11-20)16-19-18-15-6-2-1-3-9-21(15)16/h4-5,12-13H,1-3,6-11H2. The molecule has 0 bridgehead atoms. The first-order valence-electron chi connectivity index (χ1n) is 8.57. The van der Waals surface area contributed by atoms with Gasteiger partial charge in [0.1, 0.15) is 11.6 Å². The minimum Gasteiger partial charge on any atom is -0.338 e. The molecule has 2 aliphatic rings. The summed E-state index contributed by atoms with van der Waals surface area (Å²) in [5, 5.41) is 10.9. The summed E-state index contributed by atoms with van der Waals surface area (Å²) in [4.78, 5) is 15.3. The number of fused-ring (bicyclic) bond motifs is 1. The molecule has 1 saturated heterocycles. The molecular formula is C17H22N4OS. The van der Waals surface area contributed by atoms with Crippen molar-refractivity contribution in [2.24, 2.45) is 0 Å². The number of aryl methyl sites for hydroxylation is 1. The number of rotatable bonds is 2. The number of nitrogens with zero attached hydrogens (tertiary/aromatic N) is 4. The number of carbonyl (C=O) groups excluding carboxylic acids is 1. The SMILES string of the molecule is O=C(c1cccs1)N1CCC(c2nnc3n2CCCCC3)CC1. The van der Waals surface area contributed by atoms with Crippen molar-refractivity contribution in [3.63, 3.8) is 0 Å². The number of thiophene rings is 1. The van der Waals surface area contributed by atoms with Crippen molar-refractivity contribution >= 4 is 17.2 Å².